The first-order valence-corrected chi connectivity index (χ1v) is 12.9. The molecule has 33 heavy (non-hydrogen) atoms. The van der Waals surface area contributed by atoms with Crippen molar-refractivity contribution in [2.45, 2.75) is 24.1 Å². The van der Waals surface area contributed by atoms with Crippen LogP contribution in [-0.2, 0) is 33.9 Å². The van der Waals surface area contributed by atoms with Gasteiger partial charge >= 0.3 is 5.97 Å². The lowest BCUT2D eigenvalue weighted by Crippen LogP contribution is -2.43. The molecule has 1 saturated heterocycles. The number of likely N-dealkylation sites (N-methyl/N-ethyl adjacent to an activating group) is 1. The monoisotopic (exact) mass is 469 g/mol. The molecule has 1 fully saturated rings. The van der Waals surface area contributed by atoms with Crippen molar-refractivity contribution in [3.05, 3.63) is 65.4 Å². The second-order valence-electron chi connectivity index (χ2n) is 8.60. The molecule has 176 valence electrons. The number of aromatic nitrogens is 1. The molecule has 0 radical (unpaired) electrons. The lowest BCUT2D eigenvalue weighted by atomic mass is 10.1. The zero-order valence-corrected chi connectivity index (χ0v) is 20.3. The molecule has 1 aliphatic rings. The Morgan fingerprint density at radius 2 is 1.70 bits per heavy atom. The predicted molar refractivity (Wildman–Crippen MR) is 129 cm³/mol. The summed E-state index contributed by atoms with van der Waals surface area (Å²) < 4.78 is 33.4. The molecular formula is C25H31N3O4S. The fourth-order valence-corrected chi connectivity index (χ4v) is 5.83. The van der Waals surface area contributed by atoms with Gasteiger partial charge < -0.3 is 14.2 Å². The molecule has 0 saturated carbocycles. The number of sulfone groups is 1. The van der Waals surface area contributed by atoms with Crippen LogP contribution in [0.4, 0.5) is 0 Å². The fourth-order valence-electron chi connectivity index (χ4n) is 4.40. The number of carbonyl (C=O) groups is 1. The average Bonchev–Trinajstić information content (AvgIpc) is 3.06. The van der Waals surface area contributed by atoms with E-state index in [0.29, 0.717) is 11.3 Å². The van der Waals surface area contributed by atoms with Crippen LogP contribution < -0.4 is 0 Å². The van der Waals surface area contributed by atoms with Crippen molar-refractivity contribution in [1.82, 2.24) is 14.4 Å². The first-order chi connectivity index (χ1) is 15.8. The smallest absolute Gasteiger partial charge is 0.340 e. The fraction of sp³-hybridized carbons (Fsp3) is 0.400. The van der Waals surface area contributed by atoms with E-state index in [1.807, 2.05) is 16.7 Å². The van der Waals surface area contributed by atoms with Gasteiger partial charge in [0.1, 0.15) is 0 Å². The topological polar surface area (TPSA) is 71.8 Å². The summed E-state index contributed by atoms with van der Waals surface area (Å²) >= 11 is 0. The molecule has 3 aromatic rings. The van der Waals surface area contributed by atoms with E-state index in [2.05, 4.69) is 22.9 Å². The lowest BCUT2D eigenvalue weighted by molar-refractivity contribution is 0.0527. The Kier molecular flexibility index (Phi) is 6.88. The highest BCUT2D eigenvalue weighted by atomic mass is 32.2. The maximum absolute atomic E-state index is 13.1. The van der Waals surface area contributed by atoms with E-state index < -0.39 is 15.8 Å². The minimum Gasteiger partial charge on any atom is -0.462 e. The molecule has 4 rings (SSSR count). The number of carbonyl (C=O) groups excluding carboxylic acids is 1. The molecule has 8 heteroatoms. The van der Waals surface area contributed by atoms with Gasteiger partial charge in [0, 0.05) is 56.4 Å². The van der Waals surface area contributed by atoms with Gasteiger partial charge in [-0.3, -0.25) is 4.90 Å². The SMILES string of the molecule is CCOC(=O)c1c(CS(=O)(=O)c2ccccc2)n(C)c2ccc(CN3CCN(C)CC3)cc12. The number of piperazine rings is 1. The Morgan fingerprint density at radius 1 is 1.00 bits per heavy atom. The molecule has 0 atom stereocenters. The van der Waals surface area contributed by atoms with E-state index in [1.165, 1.54) is 0 Å². The maximum Gasteiger partial charge on any atom is 0.340 e. The summed E-state index contributed by atoms with van der Waals surface area (Å²) in [7, 11) is 0.302. The van der Waals surface area contributed by atoms with Crippen molar-refractivity contribution in [3.63, 3.8) is 0 Å². The van der Waals surface area contributed by atoms with Gasteiger partial charge in [-0.05, 0) is 43.8 Å². The van der Waals surface area contributed by atoms with Crippen LogP contribution in [0.5, 0.6) is 0 Å². The molecular weight excluding hydrogens is 438 g/mol. The van der Waals surface area contributed by atoms with Crippen LogP contribution in [0.2, 0.25) is 0 Å². The van der Waals surface area contributed by atoms with E-state index in [1.54, 1.807) is 44.3 Å². The summed E-state index contributed by atoms with van der Waals surface area (Å²) in [6.45, 7) is 6.82. The Labute approximate surface area is 195 Å². The van der Waals surface area contributed by atoms with E-state index in [-0.39, 0.29) is 17.3 Å². The van der Waals surface area contributed by atoms with E-state index in [0.717, 1.165) is 49.2 Å². The number of benzene rings is 2. The molecule has 2 aromatic carbocycles. The highest BCUT2D eigenvalue weighted by Crippen LogP contribution is 2.30. The average molecular weight is 470 g/mol. The molecule has 1 aliphatic heterocycles. The minimum absolute atomic E-state index is 0.223. The zero-order chi connectivity index (χ0) is 23.6. The van der Waals surface area contributed by atoms with Crippen LogP contribution in [0.15, 0.2) is 53.4 Å². The number of ether oxygens (including phenoxy) is 1. The van der Waals surface area contributed by atoms with Crippen molar-refractivity contribution >= 4 is 26.7 Å². The Balaban J connectivity index is 1.75. The number of esters is 1. The number of hydrogen-bond acceptors (Lipinski definition) is 6. The third kappa shape index (κ3) is 4.98. The number of fused-ring (bicyclic) bond motifs is 1. The first-order valence-electron chi connectivity index (χ1n) is 11.3. The van der Waals surface area contributed by atoms with Crippen molar-refractivity contribution in [1.29, 1.82) is 0 Å². The van der Waals surface area contributed by atoms with E-state index >= 15 is 0 Å². The van der Waals surface area contributed by atoms with Crippen molar-refractivity contribution in [2.24, 2.45) is 7.05 Å². The lowest BCUT2D eigenvalue weighted by Gasteiger charge is -2.32. The molecule has 0 unspecified atom stereocenters. The summed E-state index contributed by atoms with van der Waals surface area (Å²) in [5, 5.41) is 0.737. The van der Waals surface area contributed by atoms with Crippen LogP contribution in [0.3, 0.4) is 0 Å². The van der Waals surface area contributed by atoms with E-state index in [4.69, 9.17) is 4.74 Å². The predicted octanol–water partition coefficient (Wildman–Crippen LogP) is 3.08. The molecule has 1 aromatic heterocycles. The Bertz CT molecular complexity index is 1240. The van der Waals surface area contributed by atoms with Gasteiger partial charge in [-0.15, -0.1) is 0 Å². The second kappa shape index (κ2) is 9.67. The molecule has 0 amide bonds. The second-order valence-corrected chi connectivity index (χ2v) is 10.6. The Hall–Kier alpha value is -2.68. The summed E-state index contributed by atoms with van der Waals surface area (Å²) in [5.74, 6) is -0.762. The highest BCUT2D eigenvalue weighted by molar-refractivity contribution is 7.90. The maximum atomic E-state index is 13.1. The van der Waals surface area contributed by atoms with Crippen LogP contribution in [0.1, 0.15) is 28.5 Å². The number of rotatable bonds is 7. The summed E-state index contributed by atoms with van der Waals surface area (Å²) in [6, 6.07) is 14.4. The third-order valence-electron chi connectivity index (χ3n) is 6.30. The number of aryl methyl sites for hydroxylation is 1. The molecule has 7 nitrogen and oxygen atoms in total. The molecule has 0 spiro atoms. The number of nitrogens with zero attached hydrogens (tertiary/aromatic N) is 3. The molecule has 0 bridgehead atoms. The first kappa shape index (κ1) is 23.5. The molecule has 0 N–H and O–H groups in total. The Morgan fingerprint density at radius 3 is 2.36 bits per heavy atom. The summed E-state index contributed by atoms with van der Waals surface area (Å²) in [6.07, 6.45) is 0. The van der Waals surface area contributed by atoms with E-state index in [9.17, 15) is 13.2 Å². The largest absolute Gasteiger partial charge is 0.462 e. The molecule has 0 aliphatic carbocycles. The van der Waals surface area contributed by atoms with Crippen molar-refractivity contribution in [3.8, 4) is 0 Å². The van der Waals surface area contributed by atoms with Gasteiger partial charge in [-0.2, -0.15) is 0 Å². The van der Waals surface area contributed by atoms with Crippen LogP contribution in [0, 0.1) is 0 Å². The van der Waals surface area contributed by atoms with Gasteiger partial charge in [0.15, 0.2) is 9.84 Å². The highest BCUT2D eigenvalue weighted by Gasteiger charge is 2.27. The number of hydrogen-bond donors (Lipinski definition) is 0. The van der Waals surface area contributed by atoms with Gasteiger partial charge in [-0.25, -0.2) is 13.2 Å². The summed E-state index contributed by atoms with van der Waals surface area (Å²) in [4.78, 5) is 18.0. The van der Waals surface area contributed by atoms with Crippen molar-refractivity contribution < 1.29 is 17.9 Å². The van der Waals surface area contributed by atoms with Crippen LogP contribution >= 0.6 is 0 Å². The summed E-state index contributed by atoms with van der Waals surface area (Å²) in [5.41, 5.74) is 2.71. The van der Waals surface area contributed by atoms with Gasteiger partial charge in [0.25, 0.3) is 0 Å². The zero-order valence-electron chi connectivity index (χ0n) is 19.5. The van der Waals surface area contributed by atoms with Gasteiger partial charge in [0.05, 0.1) is 22.8 Å². The third-order valence-corrected chi connectivity index (χ3v) is 7.94. The van der Waals surface area contributed by atoms with Gasteiger partial charge in [0.2, 0.25) is 0 Å². The molecule has 2 heterocycles. The van der Waals surface area contributed by atoms with Gasteiger partial charge in [-0.1, -0.05) is 24.3 Å². The normalized spacial score (nSPS) is 15.7. The van der Waals surface area contributed by atoms with Crippen LogP contribution in [0.25, 0.3) is 10.9 Å². The van der Waals surface area contributed by atoms with Crippen molar-refractivity contribution in [2.75, 3.05) is 39.8 Å². The van der Waals surface area contributed by atoms with Crippen LogP contribution in [-0.4, -0.2) is 68.6 Å². The standard InChI is InChI=1S/C25H31N3O4S/c1-4-32-25(29)24-21-16-19(17-28-14-12-26(2)13-15-28)10-11-22(21)27(3)23(24)18-33(30,31)20-8-6-5-7-9-20/h5-11,16H,4,12-15,17-18H2,1-3H3. The minimum atomic E-state index is -3.63. The quantitative estimate of drug-likeness (QED) is 0.495.